The number of benzene rings is 1. The number of carbonyl (C=O) groups excluding carboxylic acids is 2. The minimum atomic E-state index is -0.570. The molecule has 0 unspecified atom stereocenters. The summed E-state index contributed by atoms with van der Waals surface area (Å²) in [7, 11) is 0. The first-order valence-corrected chi connectivity index (χ1v) is 7.76. The van der Waals surface area contributed by atoms with Gasteiger partial charge in [-0.2, -0.15) is 0 Å². The lowest BCUT2D eigenvalue weighted by molar-refractivity contribution is 0.0353. The van der Waals surface area contributed by atoms with Crippen molar-refractivity contribution in [2.75, 3.05) is 13.2 Å². The molecule has 0 aromatic heterocycles. The highest BCUT2D eigenvalue weighted by Crippen LogP contribution is 2.20. The van der Waals surface area contributed by atoms with Crippen molar-refractivity contribution in [1.82, 2.24) is 0 Å². The monoisotopic (exact) mass is 326 g/mol. The fourth-order valence-corrected chi connectivity index (χ4v) is 1.78. The normalized spacial score (nSPS) is 11.1. The number of halogens is 1. The summed E-state index contributed by atoms with van der Waals surface area (Å²) in [5.41, 5.74) is 0.161. The molecule has 1 rings (SSSR count). The number of hydrogen-bond acceptors (Lipinski definition) is 4. The number of unbranched alkanes of at least 4 members (excludes halogenated alkanes) is 1. The molecule has 0 fully saturated rings. The van der Waals surface area contributed by atoms with Crippen LogP contribution in [-0.4, -0.2) is 25.2 Å². The van der Waals surface area contributed by atoms with Crippen LogP contribution in [0.1, 0.15) is 61.3 Å². The van der Waals surface area contributed by atoms with Crippen LogP contribution in [0.2, 0.25) is 5.02 Å². The Bertz CT molecular complexity index is 532. The molecule has 0 aliphatic heterocycles. The standard InChI is InChI=1S/C17H23ClO4/c1-5-6-9-21-15(19)13-8-7-12(18)10-14(13)16(20)22-11-17(2,3)4/h7-8,10H,5-6,9,11H2,1-4H3. The molecule has 0 spiro atoms. The first-order chi connectivity index (χ1) is 10.2. The molecule has 122 valence electrons. The molecule has 0 aliphatic rings. The van der Waals surface area contributed by atoms with Gasteiger partial charge in [-0.15, -0.1) is 0 Å². The van der Waals surface area contributed by atoms with Crippen molar-refractivity contribution in [2.24, 2.45) is 5.41 Å². The van der Waals surface area contributed by atoms with Crippen LogP contribution in [0.3, 0.4) is 0 Å². The summed E-state index contributed by atoms with van der Waals surface area (Å²) in [6.07, 6.45) is 1.71. The lowest BCUT2D eigenvalue weighted by Crippen LogP contribution is -2.20. The third-order valence-electron chi connectivity index (χ3n) is 2.79. The number of hydrogen-bond donors (Lipinski definition) is 0. The summed E-state index contributed by atoms with van der Waals surface area (Å²) in [4.78, 5) is 24.3. The van der Waals surface area contributed by atoms with Gasteiger partial charge in [0.1, 0.15) is 0 Å². The van der Waals surface area contributed by atoms with E-state index in [2.05, 4.69) is 0 Å². The molecular formula is C17H23ClO4. The first kappa shape index (κ1) is 18.5. The Morgan fingerprint density at radius 1 is 1.09 bits per heavy atom. The van der Waals surface area contributed by atoms with Crippen LogP contribution >= 0.6 is 11.6 Å². The second-order valence-corrected chi connectivity index (χ2v) is 6.75. The van der Waals surface area contributed by atoms with E-state index in [1.807, 2.05) is 27.7 Å². The van der Waals surface area contributed by atoms with Gasteiger partial charge in [0.15, 0.2) is 0 Å². The highest BCUT2D eigenvalue weighted by molar-refractivity contribution is 6.31. The molecule has 22 heavy (non-hydrogen) atoms. The number of rotatable bonds is 6. The highest BCUT2D eigenvalue weighted by Gasteiger charge is 2.22. The zero-order chi connectivity index (χ0) is 16.8. The Kier molecular flexibility index (Phi) is 6.88. The Labute approximate surface area is 136 Å². The van der Waals surface area contributed by atoms with Crippen LogP contribution in [0, 0.1) is 5.41 Å². The average molecular weight is 327 g/mol. The SMILES string of the molecule is CCCCOC(=O)c1ccc(Cl)cc1C(=O)OCC(C)(C)C. The van der Waals surface area contributed by atoms with Gasteiger partial charge in [0, 0.05) is 5.02 Å². The highest BCUT2D eigenvalue weighted by atomic mass is 35.5. The second-order valence-electron chi connectivity index (χ2n) is 6.32. The van der Waals surface area contributed by atoms with E-state index in [0.29, 0.717) is 11.6 Å². The van der Waals surface area contributed by atoms with Gasteiger partial charge in [-0.05, 0) is 30.0 Å². The molecule has 1 aromatic rings. The topological polar surface area (TPSA) is 52.6 Å². The van der Waals surface area contributed by atoms with Gasteiger partial charge in [0.05, 0.1) is 24.3 Å². The minimum absolute atomic E-state index is 0.137. The maximum atomic E-state index is 12.2. The molecule has 0 amide bonds. The van der Waals surface area contributed by atoms with E-state index in [4.69, 9.17) is 21.1 Å². The molecular weight excluding hydrogens is 304 g/mol. The van der Waals surface area contributed by atoms with E-state index in [1.165, 1.54) is 12.1 Å². The fourth-order valence-electron chi connectivity index (χ4n) is 1.61. The van der Waals surface area contributed by atoms with E-state index < -0.39 is 11.9 Å². The van der Waals surface area contributed by atoms with E-state index in [9.17, 15) is 9.59 Å². The largest absolute Gasteiger partial charge is 0.462 e. The minimum Gasteiger partial charge on any atom is -0.462 e. The second kappa shape index (κ2) is 8.18. The van der Waals surface area contributed by atoms with Crippen molar-refractivity contribution in [3.05, 3.63) is 34.3 Å². The van der Waals surface area contributed by atoms with Crippen LogP contribution in [-0.2, 0) is 9.47 Å². The molecule has 0 aliphatic carbocycles. The molecule has 0 saturated carbocycles. The predicted molar refractivity (Wildman–Crippen MR) is 86.4 cm³/mol. The summed E-state index contributed by atoms with van der Waals surface area (Å²) in [5.74, 6) is -1.10. The third kappa shape index (κ3) is 6.06. The maximum Gasteiger partial charge on any atom is 0.339 e. The van der Waals surface area contributed by atoms with Gasteiger partial charge >= 0.3 is 11.9 Å². The van der Waals surface area contributed by atoms with Crippen LogP contribution < -0.4 is 0 Å². The van der Waals surface area contributed by atoms with Crippen LogP contribution in [0.15, 0.2) is 18.2 Å². The number of esters is 2. The smallest absolute Gasteiger partial charge is 0.339 e. The van der Waals surface area contributed by atoms with Crippen LogP contribution in [0.25, 0.3) is 0 Å². The predicted octanol–water partition coefficient (Wildman–Crippen LogP) is 4.50. The Balaban J connectivity index is 2.90. The summed E-state index contributed by atoms with van der Waals surface area (Å²) in [6.45, 7) is 8.46. The summed E-state index contributed by atoms with van der Waals surface area (Å²) < 4.78 is 10.4. The van der Waals surface area contributed by atoms with E-state index in [1.54, 1.807) is 6.07 Å². The van der Waals surface area contributed by atoms with Crippen molar-refractivity contribution >= 4 is 23.5 Å². The van der Waals surface area contributed by atoms with Crippen molar-refractivity contribution in [3.63, 3.8) is 0 Å². The molecule has 1 aromatic carbocycles. The van der Waals surface area contributed by atoms with Crippen molar-refractivity contribution in [2.45, 2.75) is 40.5 Å². The van der Waals surface area contributed by atoms with Gasteiger partial charge in [-0.25, -0.2) is 9.59 Å². The molecule has 0 atom stereocenters. The van der Waals surface area contributed by atoms with E-state index in [0.717, 1.165) is 12.8 Å². The van der Waals surface area contributed by atoms with E-state index >= 15 is 0 Å². The quantitative estimate of drug-likeness (QED) is 0.570. The van der Waals surface area contributed by atoms with Gasteiger partial charge in [-0.1, -0.05) is 45.7 Å². The lowest BCUT2D eigenvalue weighted by atomic mass is 9.98. The van der Waals surface area contributed by atoms with Crippen LogP contribution in [0.5, 0.6) is 0 Å². The lowest BCUT2D eigenvalue weighted by Gasteiger charge is -2.18. The van der Waals surface area contributed by atoms with Crippen LogP contribution in [0.4, 0.5) is 0 Å². The number of ether oxygens (including phenoxy) is 2. The Morgan fingerprint density at radius 3 is 2.32 bits per heavy atom. The van der Waals surface area contributed by atoms with Gasteiger partial charge in [0.25, 0.3) is 0 Å². The zero-order valence-corrected chi connectivity index (χ0v) is 14.3. The fraction of sp³-hybridized carbons (Fsp3) is 0.529. The van der Waals surface area contributed by atoms with Gasteiger partial charge in [0.2, 0.25) is 0 Å². The molecule has 0 heterocycles. The summed E-state index contributed by atoms with van der Waals surface area (Å²) in [6, 6.07) is 4.48. The first-order valence-electron chi connectivity index (χ1n) is 7.38. The molecule has 0 bridgehead atoms. The molecule has 0 N–H and O–H groups in total. The van der Waals surface area contributed by atoms with Crippen molar-refractivity contribution in [3.8, 4) is 0 Å². The summed E-state index contributed by atoms with van der Waals surface area (Å²) >= 11 is 5.92. The van der Waals surface area contributed by atoms with Gasteiger partial charge < -0.3 is 9.47 Å². The third-order valence-corrected chi connectivity index (χ3v) is 3.02. The van der Waals surface area contributed by atoms with Gasteiger partial charge in [-0.3, -0.25) is 0 Å². The van der Waals surface area contributed by atoms with Crippen molar-refractivity contribution in [1.29, 1.82) is 0 Å². The maximum absolute atomic E-state index is 12.2. The molecule has 5 heteroatoms. The molecule has 0 radical (unpaired) electrons. The van der Waals surface area contributed by atoms with E-state index in [-0.39, 0.29) is 23.1 Å². The molecule has 0 saturated heterocycles. The zero-order valence-electron chi connectivity index (χ0n) is 13.6. The Morgan fingerprint density at radius 2 is 1.73 bits per heavy atom. The molecule has 4 nitrogen and oxygen atoms in total. The Hall–Kier alpha value is -1.55. The number of carbonyl (C=O) groups is 2. The summed E-state index contributed by atoms with van der Waals surface area (Å²) in [5, 5.41) is 0.368. The van der Waals surface area contributed by atoms with Crippen molar-refractivity contribution < 1.29 is 19.1 Å². The average Bonchev–Trinajstić information content (AvgIpc) is 2.44.